The lowest BCUT2D eigenvalue weighted by molar-refractivity contribution is -0.115. The van der Waals surface area contributed by atoms with Crippen molar-refractivity contribution in [3.63, 3.8) is 0 Å². The molecule has 0 atom stereocenters. The number of hydrogen-bond acceptors (Lipinski definition) is 4. The number of amides is 1. The Hall–Kier alpha value is -2.18. The van der Waals surface area contributed by atoms with Crippen LogP contribution in [-0.2, 0) is 14.6 Å². The van der Waals surface area contributed by atoms with Crippen LogP contribution in [0.4, 0.5) is 5.69 Å². The SMILES string of the molecule is CC(=O)c1cccc(NC(=O)CCS(=O)(=O)c2ccccc2Cl)c1. The standard InChI is InChI=1S/C17H16ClNO4S/c1-12(20)13-5-4-6-14(11-13)19-17(21)9-10-24(22,23)16-8-3-2-7-15(16)18/h2-8,11H,9-10H2,1H3,(H,19,21). The van der Waals surface area contributed by atoms with E-state index in [4.69, 9.17) is 11.6 Å². The van der Waals surface area contributed by atoms with Crippen LogP contribution in [0, 0.1) is 0 Å². The summed E-state index contributed by atoms with van der Waals surface area (Å²) in [4.78, 5) is 23.3. The van der Waals surface area contributed by atoms with Gasteiger partial charge in [-0.3, -0.25) is 9.59 Å². The molecule has 0 aliphatic heterocycles. The Morgan fingerprint density at radius 1 is 1.08 bits per heavy atom. The highest BCUT2D eigenvalue weighted by atomic mass is 35.5. The van der Waals surface area contributed by atoms with Crippen molar-refractivity contribution in [3.8, 4) is 0 Å². The van der Waals surface area contributed by atoms with Crippen LogP contribution in [0.5, 0.6) is 0 Å². The van der Waals surface area contributed by atoms with Crippen molar-refractivity contribution in [2.75, 3.05) is 11.1 Å². The molecule has 0 aliphatic rings. The number of halogens is 1. The second-order valence-corrected chi connectivity index (χ2v) is 7.67. The zero-order valence-corrected chi connectivity index (χ0v) is 14.5. The van der Waals surface area contributed by atoms with Crippen molar-refractivity contribution in [1.29, 1.82) is 0 Å². The Bertz CT molecular complexity index is 878. The van der Waals surface area contributed by atoms with Gasteiger partial charge in [-0.25, -0.2) is 8.42 Å². The molecule has 0 fully saturated rings. The van der Waals surface area contributed by atoms with E-state index >= 15 is 0 Å². The molecule has 0 saturated carbocycles. The maximum atomic E-state index is 12.2. The van der Waals surface area contributed by atoms with Gasteiger partial charge in [0.15, 0.2) is 15.6 Å². The summed E-state index contributed by atoms with van der Waals surface area (Å²) in [6.45, 7) is 1.43. The fourth-order valence-corrected chi connectivity index (χ4v) is 3.89. The van der Waals surface area contributed by atoms with E-state index in [0.29, 0.717) is 11.3 Å². The van der Waals surface area contributed by atoms with E-state index in [0.717, 1.165) is 0 Å². The van der Waals surface area contributed by atoms with Crippen LogP contribution in [0.25, 0.3) is 0 Å². The monoisotopic (exact) mass is 365 g/mol. The molecule has 0 saturated heterocycles. The number of anilines is 1. The van der Waals surface area contributed by atoms with Gasteiger partial charge in [0.1, 0.15) is 0 Å². The van der Waals surface area contributed by atoms with Crippen LogP contribution in [-0.4, -0.2) is 25.9 Å². The summed E-state index contributed by atoms with van der Waals surface area (Å²) in [5.41, 5.74) is 0.916. The topological polar surface area (TPSA) is 80.3 Å². The number of Topliss-reactive ketones (excluding diaryl/α,β-unsaturated/α-hetero) is 1. The van der Waals surface area contributed by atoms with Crippen LogP contribution in [0.15, 0.2) is 53.4 Å². The van der Waals surface area contributed by atoms with Gasteiger partial charge < -0.3 is 5.32 Å². The molecule has 2 rings (SSSR count). The Morgan fingerprint density at radius 2 is 1.79 bits per heavy atom. The number of sulfone groups is 1. The van der Waals surface area contributed by atoms with Crippen molar-refractivity contribution in [1.82, 2.24) is 0 Å². The minimum Gasteiger partial charge on any atom is -0.326 e. The third-order valence-corrected chi connectivity index (χ3v) is 5.53. The number of hydrogen-bond donors (Lipinski definition) is 1. The maximum Gasteiger partial charge on any atom is 0.225 e. The van der Waals surface area contributed by atoms with Crippen molar-refractivity contribution >= 4 is 38.8 Å². The molecule has 2 aromatic carbocycles. The van der Waals surface area contributed by atoms with Gasteiger partial charge in [-0.2, -0.15) is 0 Å². The fourth-order valence-electron chi connectivity index (χ4n) is 2.07. The molecule has 1 amide bonds. The van der Waals surface area contributed by atoms with Gasteiger partial charge in [-0.05, 0) is 31.2 Å². The molecule has 0 aromatic heterocycles. The molecule has 2 aromatic rings. The predicted molar refractivity (Wildman–Crippen MR) is 93.2 cm³/mol. The smallest absolute Gasteiger partial charge is 0.225 e. The first-order chi connectivity index (χ1) is 11.3. The number of nitrogens with one attached hydrogen (secondary N) is 1. The molecule has 126 valence electrons. The van der Waals surface area contributed by atoms with Crippen LogP contribution >= 0.6 is 11.6 Å². The molecular formula is C17H16ClNO4S. The largest absolute Gasteiger partial charge is 0.326 e. The highest BCUT2D eigenvalue weighted by Crippen LogP contribution is 2.22. The van der Waals surface area contributed by atoms with Gasteiger partial charge in [0.2, 0.25) is 5.91 Å². The molecule has 0 bridgehead atoms. The highest BCUT2D eigenvalue weighted by molar-refractivity contribution is 7.91. The zero-order valence-electron chi connectivity index (χ0n) is 13.0. The second-order valence-electron chi connectivity index (χ2n) is 5.18. The first-order valence-electron chi connectivity index (χ1n) is 7.18. The van der Waals surface area contributed by atoms with Crippen LogP contribution in [0.2, 0.25) is 5.02 Å². The molecular weight excluding hydrogens is 350 g/mol. The van der Waals surface area contributed by atoms with Gasteiger partial charge >= 0.3 is 0 Å². The molecule has 0 radical (unpaired) electrons. The van der Waals surface area contributed by atoms with Crippen molar-refractivity contribution < 1.29 is 18.0 Å². The summed E-state index contributed by atoms with van der Waals surface area (Å²) in [5, 5.41) is 2.72. The van der Waals surface area contributed by atoms with Crippen molar-refractivity contribution in [2.24, 2.45) is 0 Å². The first kappa shape index (κ1) is 18.2. The van der Waals surface area contributed by atoms with Gasteiger partial charge in [0, 0.05) is 17.7 Å². The lowest BCUT2D eigenvalue weighted by atomic mass is 10.1. The average Bonchev–Trinajstić information content (AvgIpc) is 2.53. The Morgan fingerprint density at radius 3 is 2.46 bits per heavy atom. The van der Waals surface area contributed by atoms with E-state index in [1.54, 1.807) is 36.4 Å². The number of ketones is 1. The minimum atomic E-state index is -3.65. The molecule has 24 heavy (non-hydrogen) atoms. The van der Waals surface area contributed by atoms with Crippen molar-refractivity contribution in [3.05, 3.63) is 59.1 Å². The normalized spacial score (nSPS) is 11.1. The summed E-state index contributed by atoms with van der Waals surface area (Å²) in [6.07, 6.45) is -0.210. The number of carbonyl (C=O) groups is 2. The third kappa shape index (κ3) is 4.66. The quantitative estimate of drug-likeness (QED) is 0.796. The van der Waals surface area contributed by atoms with E-state index in [-0.39, 0.29) is 27.9 Å². The second kappa shape index (κ2) is 7.59. The van der Waals surface area contributed by atoms with Gasteiger partial charge in [0.25, 0.3) is 0 Å². The Labute approximate surface area is 145 Å². The maximum absolute atomic E-state index is 12.2. The Balaban J connectivity index is 2.02. The highest BCUT2D eigenvalue weighted by Gasteiger charge is 2.19. The fraction of sp³-hybridized carbons (Fsp3) is 0.176. The summed E-state index contributed by atoms with van der Waals surface area (Å²) in [5.74, 6) is -0.923. The predicted octanol–water partition coefficient (Wildman–Crippen LogP) is 3.35. The van der Waals surface area contributed by atoms with Crippen LogP contribution < -0.4 is 5.32 Å². The minimum absolute atomic E-state index is 0.0121. The summed E-state index contributed by atoms with van der Waals surface area (Å²) < 4.78 is 24.5. The molecule has 0 aliphatic carbocycles. The van der Waals surface area contributed by atoms with E-state index in [2.05, 4.69) is 5.32 Å². The molecule has 7 heteroatoms. The molecule has 1 N–H and O–H groups in total. The van der Waals surface area contributed by atoms with Gasteiger partial charge in [0.05, 0.1) is 15.7 Å². The number of rotatable bonds is 6. The molecule has 0 spiro atoms. The summed E-state index contributed by atoms with van der Waals surface area (Å²) in [7, 11) is -3.65. The lowest BCUT2D eigenvalue weighted by Gasteiger charge is -2.08. The third-order valence-electron chi connectivity index (χ3n) is 3.32. The van der Waals surface area contributed by atoms with E-state index in [9.17, 15) is 18.0 Å². The van der Waals surface area contributed by atoms with E-state index in [1.165, 1.54) is 19.1 Å². The summed E-state index contributed by atoms with van der Waals surface area (Å²) >= 11 is 5.89. The number of benzene rings is 2. The van der Waals surface area contributed by atoms with Crippen LogP contribution in [0.1, 0.15) is 23.7 Å². The molecule has 0 unspecified atom stereocenters. The van der Waals surface area contributed by atoms with E-state index < -0.39 is 15.7 Å². The summed E-state index contributed by atoms with van der Waals surface area (Å²) in [6, 6.07) is 12.6. The van der Waals surface area contributed by atoms with Gasteiger partial charge in [-0.1, -0.05) is 35.9 Å². The van der Waals surface area contributed by atoms with Gasteiger partial charge in [-0.15, -0.1) is 0 Å². The van der Waals surface area contributed by atoms with Crippen molar-refractivity contribution in [2.45, 2.75) is 18.2 Å². The average molecular weight is 366 g/mol. The lowest BCUT2D eigenvalue weighted by Crippen LogP contribution is -2.17. The zero-order chi connectivity index (χ0) is 17.7. The van der Waals surface area contributed by atoms with E-state index in [1.807, 2.05) is 0 Å². The Kier molecular flexibility index (Phi) is 5.75. The molecule has 5 nitrogen and oxygen atoms in total. The van der Waals surface area contributed by atoms with Crippen LogP contribution in [0.3, 0.4) is 0 Å². The first-order valence-corrected chi connectivity index (χ1v) is 9.21. The molecule has 0 heterocycles. The number of carbonyl (C=O) groups excluding carboxylic acids is 2.